The zero-order valence-electron chi connectivity index (χ0n) is 5.32. The van der Waals surface area contributed by atoms with Gasteiger partial charge in [-0.3, -0.25) is 10.5 Å². The van der Waals surface area contributed by atoms with Crippen LogP contribution in [-0.4, -0.2) is 5.91 Å². The Bertz CT molecular complexity index is 78.6. The van der Waals surface area contributed by atoms with Crippen molar-refractivity contribution in [3.05, 3.63) is 5.92 Å². The van der Waals surface area contributed by atoms with E-state index >= 15 is 0 Å². The lowest BCUT2D eigenvalue weighted by Gasteiger charge is -1.97. The van der Waals surface area contributed by atoms with E-state index in [1.807, 2.05) is 13.8 Å². The van der Waals surface area contributed by atoms with Crippen molar-refractivity contribution in [2.24, 2.45) is 0 Å². The summed E-state index contributed by atoms with van der Waals surface area (Å²) in [6.07, 6.45) is 1.14. The van der Waals surface area contributed by atoms with E-state index in [-0.39, 0.29) is 0 Å². The normalized spacial score (nSPS) is 9.88. The Balaban J connectivity index is 3.05. The van der Waals surface area contributed by atoms with Gasteiger partial charge in [0.1, 0.15) is 0 Å². The van der Waals surface area contributed by atoms with Crippen molar-refractivity contribution in [1.29, 1.82) is 0 Å². The van der Waals surface area contributed by atoms with Crippen LogP contribution in [-0.2, 0) is 4.79 Å². The molecule has 0 rings (SSSR count). The van der Waals surface area contributed by atoms with Crippen LogP contribution in [0.3, 0.4) is 0 Å². The fourth-order valence-electron chi connectivity index (χ4n) is 0.364. The molecule has 0 aromatic carbocycles. The Morgan fingerprint density at radius 2 is 1.88 bits per heavy atom. The maximum atomic E-state index is 10.0. The standard InChI is InChI=1S/C6H11NO/c1-5(2)3-4-6(7)8/h7H,3-4H2,1-2H3. The molecule has 0 heterocycles. The molecular weight excluding hydrogens is 102 g/mol. The molecule has 0 aliphatic heterocycles. The molecule has 8 heavy (non-hydrogen) atoms. The summed E-state index contributed by atoms with van der Waals surface area (Å²) in [7, 11) is 0. The summed E-state index contributed by atoms with van der Waals surface area (Å²) in [6.45, 7) is 3.92. The summed E-state index contributed by atoms with van der Waals surface area (Å²) < 4.78 is 0. The van der Waals surface area contributed by atoms with Crippen LogP contribution in [0, 0.1) is 5.92 Å². The van der Waals surface area contributed by atoms with Crippen LogP contribution in [0.5, 0.6) is 0 Å². The van der Waals surface area contributed by atoms with Gasteiger partial charge >= 0.3 is 0 Å². The molecule has 2 radical (unpaired) electrons. The maximum absolute atomic E-state index is 10.0. The number of nitrogens with one attached hydrogen (secondary N) is 1. The van der Waals surface area contributed by atoms with Gasteiger partial charge in [0.2, 0.25) is 5.91 Å². The first-order chi connectivity index (χ1) is 3.63. The summed E-state index contributed by atoms with van der Waals surface area (Å²) in [6, 6.07) is 0. The molecule has 0 saturated heterocycles. The van der Waals surface area contributed by atoms with Crippen molar-refractivity contribution in [2.75, 3.05) is 0 Å². The van der Waals surface area contributed by atoms with Gasteiger partial charge in [-0.1, -0.05) is 13.8 Å². The quantitative estimate of drug-likeness (QED) is 0.542. The average Bonchev–Trinajstić information content (AvgIpc) is 1.61. The van der Waals surface area contributed by atoms with Gasteiger partial charge in [-0.25, -0.2) is 0 Å². The van der Waals surface area contributed by atoms with E-state index in [0.717, 1.165) is 6.42 Å². The molecule has 0 fully saturated rings. The van der Waals surface area contributed by atoms with Crippen molar-refractivity contribution >= 4 is 5.91 Å². The number of carbonyl (C=O) groups is 1. The lowest BCUT2D eigenvalue weighted by Crippen LogP contribution is -1.98. The van der Waals surface area contributed by atoms with Crippen LogP contribution in [0.1, 0.15) is 26.7 Å². The van der Waals surface area contributed by atoms with Crippen molar-refractivity contribution in [2.45, 2.75) is 26.7 Å². The lowest BCUT2D eigenvalue weighted by molar-refractivity contribution is -0.118. The van der Waals surface area contributed by atoms with E-state index < -0.39 is 5.91 Å². The summed E-state index contributed by atoms with van der Waals surface area (Å²) >= 11 is 0. The second-order valence-electron chi connectivity index (χ2n) is 2.13. The van der Waals surface area contributed by atoms with Gasteiger partial charge in [-0.15, -0.1) is 0 Å². The Morgan fingerprint density at radius 3 is 2.00 bits per heavy atom. The predicted octanol–water partition coefficient (Wildman–Crippen LogP) is 1.19. The number of hydrogen-bond donors (Lipinski definition) is 0. The largest absolute Gasteiger partial charge is 0.273 e. The van der Waals surface area contributed by atoms with Gasteiger partial charge in [-0.2, -0.15) is 0 Å². The topological polar surface area (TPSA) is 40.9 Å². The zero-order valence-corrected chi connectivity index (χ0v) is 5.32. The fraction of sp³-hybridized carbons (Fsp3) is 0.667. The number of hydrogen-bond acceptors (Lipinski definition) is 1. The van der Waals surface area contributed by atoms with Gasteiger partial charge in [0.15, 0.2) is 0 Å². The second-order valence-corrected chi connectivity index (χ2v) is 2.13. The Hall–Kier alpha value is -0.530. The molecule has 2 nitrogen and oxygen atoms in total. The molecular formula is C6H11NO. The highest BCUT2D eigenvalue weighted by molar-refractivity contribution is 5.72. The van der Waals surface area contributed by atoms with Crippen LogP contribution < -0.4 is 5.73 Å². The van der Waals surface area contributed by atoms with Crippen LogP contribution in [0.25, 0.3) is 0 Å². The third kappa shape index (κ3) is 5.47. The predicted molar refractivity (Wildman–Crippen MR) is 31.9 cm³/mol. The summed E-state index contributed by atoms with van der Waals surface area (Å²) in [5.41, 5.74) is 6.52. The van der Waals surface area contributed by atoms with E-state index in [0.29, 0.717) is 6.42 Å². The Morgan fingerprint density at radius 1 is 1.38 bits per heavy atom. The number of amides is 1. The van der Waals surface area contributed by atoms with Crippen LogP contribution in [0.15, 0.2) is 0 Å². The second kappa shape index (κ2) is 3.47. The molecule has 0 aromatic heterocycles. The molecule has 2 heteroatoms. The highest BCUT2D eigenvalue weighted by Crippen LogP contribution is 2.04. The van der Waals surface area contributed by atoms with E-state index in [4.69, 9.17) is 5.73 Å². The first kappa shape index (κ1) is 7.47. The van der Waals surface area contributed by atoms with Crippen LogP contribution in [0.2, 0.25) is 0 Å². The van der Waals surface area contributed by atoms with E-state index in [9.17, 15) is 4.79 Å². The molecule has 0 bridgehead atoms. The molecule has 0 atom stereocenters. The Labute approximate surface area is 50.1 Å². The van der Waals surface area contributed by atoms with Crippen molar-refractivity contribution in [3.63, 3.8) is 0 Å². The smallest absolute Gasteiger partial charge is 0.238 e. The monoisotopic (exact) mass is 113 g/mol. The van der Waals surface area contributed by atoms with E-state index in [1.165, 1.54) is 5.92 Å². The van der Waals surface area contributed by atoms with Gasteiger partial charge in [-0.05, 0) is 12.3 Å². The number of rotatable bonds is 3. The third-order valence-electron chi connectivity index (χ3n) is 0.852. The molecule has 1 N–H and O–H groups in total. The minimum absolute atomic E-state index is 0.377. The summed E-state index contributed by atoms with van der Waals surface area (Å²) in [5, 5.41) is 0. The lowest BCUT2D eigenvalue weighted by atomic mass is 10.1. The zero-order chi connectivity index (χ0) is 6.57. The summed E-state index contributed by atoms with van der Waals surface area (Å²) in [5.74, 6) is 0.747. The van der Waals surface area contributed by atoms with Gasteiger partial charge in [0, 0.05) is 6.42 Å². The van der Waals surface area contributed by atoms with Crippen LogP contribution in [0.4, 0.5) is 0 Å². The minimum atomic E-state index is -0.466. The maximum Gasteiger partial charge on any atom is 0.238 e. The molecule has 0 unspecified atom stereocenters. The van der Waals surface area contributed by atoms with Crippen molar-refractivity contribution < 1.29 is 4.79 Å². The third-order valence-corrected chi connectivity index (χ3v) is 0.852. The van der Waals surface area contributed by atoms with Crippen LogP contribution >= 0.6 is 0 Å². The molecule has 0 aliphatic carbocycles. The molecule has 0 spiro atoms. The highest BCUT2D eigenvalue weighted by Gasteiger charge is 1.97. The fourth-order valence-corrected chi connectivity index (χ4v) is 0.364. The minimum Gasteiger partial charge on any atom is -0.273 e. The van der Waals surface area contributed by atoms with Gasteiger partial charge < -0.3 is 0 Å². The average molecular weight is 113 g/mol. The number of carbonyl (C=O) groups excluding carboxylic acids is 1. The van der Waals surface area contributed by atoms with Crippen molar-refractivity contribution in [3.8, 4) is 0 Å². The molecule has 46 valence electrons. The SMILES string of the molecule is C[C](C)CCC([NH])=O. The molecule has 1 amide bonds. The summed E-state index contributed by atoms with van der Waals surface area (Å²) in [4.78, 5) is 10.0. The van der Waals surface area contributed by atoms with Crippen molar-refractivity contribution in [1.82, 2.24) is 5.73 Å². The first-order valence-corrected chi connectivity index (χ1v) is 2.66. The Kier molecular flexibility index (Phi) is 3.24. The van der Waals surface area contributed by atoms with Gasteiger partial charge in [0.05, 0.1) is 0 Å². The van der Waals surface area contributed by atoms with E-state index in [1.54, 1.807) is 0 Å². The molecule has 0 aliphatic rings. The first-order valence-electron chi connectivity index (χ1n) is 2.66. The molecule has 0 aromatic rings. The highest BCUT2D eigenvalue weighted by atomic mass is 16.1. The van der Waals surface area contributed by atoms with Gasteiger partial charge in [0.25, 0.3) is 0 Å². The molecule has 0 saturated carbocycles. The van der Waals surface area contributed by atoms with E-state index in [2.05, 4.69) is 0 Å².